The van der Waals surface area contributed by atoms with E-state index in [1.165, 1.54) is 12.1 Å². The van der Waals surface area contributed by atoms with E-state index >= 15 is 0 Å². The van der Waals surface area contributed by atoms with Gasteiger partial charge in [-0.05, 0) is 42.2 Å². The van der Waals surface area contributed by atoms with E-state index in [4.69, 9.17) is 9.47 Å². The Morgan fingerprint density at radius 3 is 2.92 bits per heavy atom. The Labute approximate surface area is 153 Å². The molecule has 2 aromatic rings. The van der Waals surface area contributed by atoms with Crippen LogP contribution in [0.2, 0.25) is 0 Å². The van der Waals surface area contributed by atoms with Crippen molar-refractivity contribution in [2.24, 2.45) is 5.41 Å². The quantitative estimate of drug-likeness (QED) is 0.794. The van der Waals surface area contributed by atoms with Gasteiger partial charge < -0.3 is 9.47 Å². The minimum atomic E-state index is -0.183. The molecule has 0 aliphatic carbocycles. The summed E-state index contributed by atoms with van der Waals surface area (Å²) in [5, 5.41) is 0. The SMILES string of the molecule is Fc1ccc(CN2CC[C@H]3OCC[C@@]3(COCc3cccnc3)C2)cc1. The third-order valence-electron chi connectivity index (χ3n) is 5.55. The predicted molar refractivity (Wildman–Crippen MR) is 97.0 cm³/mol. The molecular weight excluding hydrogens is 331 g/mol. The van der Waals surface area contributed by atoms with Crippen molar-refractivity contribution in [3.05, 3.63) is 65.7 Å². The number of hydrogen-bond acceptors (Lipinski definition) is 4. The Hall–Kier alpha value is -1.82. The zero-order chi connectivity index (χ0) is 17.8. The molecule has 2 aliphatic heterocycles. The molecule has 0 N–H and O–H groups in total. The topological polar surface area (TPSA) is 34.6 Å². The third kappa shape index (κ3) is 3.95. The van der Waals surface area contributed by atoms with Crippen molar-refractivity contribution in [3.63, 3.8) is 0 Å². The number of aromatic nitrogens is 1. The second kappa shape index (κ2) is 7.82. The summed E-state index contributed by atoms with van der Waals surface area (Å²) in [5.74, 6) is -0.183. The van der Waals surface area contributed by atoms with Gasteiger partial charge in [0.05, 0.1) is 19.3 Å². The highest BCUT2D eigenvalue weighted by atomic mass is 19.1. The van der Waals surface area contributed by atoms with Gasteiger partial charge in [-0.25, -0.2) is 4.39 Å². The standard InChI is InChI=1S/C21H25FN2O2/c22-19-5-3-17(4-6-19)13-24-10-7-20-21(15-24,8-11-26-20)16-25-14-18-2-1-9-23-12-18/h1-6,9,12,20H,7-8,10-11,13-16H2/t20-,21+/m1/s1. The molecule has 2 aliphatic rings. The molecule has 3 heterocycles. The van der Waals surface area contributed by atoms with E-state index in [0.29, 0.717) is 13.2 Å². The molecule has 5 heteroatoms. The molecule has 0 amide bonds. The lowest BCUT2D eigenvalue weighted by molar-refractivity contribution is -0.0685. The fourth-order valence-corrected chi connectivity index (χ4v) is 4.19. The van der Waals surface area contributed by atoms with Crippen molar-refractivity contribution in [2.75, 3.05) is 26.3 Å². The van der Waals surface area contributed by atoms with Crippen LogP contribution in [0.15, 0.2) is 48.8 Å². The first-order chi connectivity index (χ1) is 12.7. The van der Waals surface area contributed by atoms with Gasteiger partial charge in [0.25, 0.3) is 0 Å². The summed E-state index contributed by atoms with van der Waals surface area (Å²) in [5.41, 5.74) is 2.30. The van der Waals surface area contributed by atoms with Crippen LogP contribution in [0.1, 0.15) is 24.0 Å². The van der Waals surface area contributed by atoms with E-state index in [-0.39, 0.29) is 17.3 Å². The minimum absolute atomic E-state index is 0.0560. The highest BCUT2D eigenvalue weighted by molar-refractivity contribution is 5.16. The van der Waals surface area contributed by atoms with Gasteiger partial charge in [-0.15, -0.1) is 0 Å². The molecule has 0 radical (unpaired) electrons. The van der Waals surface area contributed by atoms with Gasteiger partial charge in [0.15, 0.2) is 0 Å². The van der Waals surface area contributed by atoms with Crippen molar-refractivity contribution >= 4 is 0 Å². The van der Waals surface area contributed by atoms with Crippen molar-refractivity contribution in [2.45, 2.75) is 32.1 Å². The fraction of sp³-hybridized carbons (Fsp3) is 0.476. The van der Waals surface area contributed by atoms with Crippen LogP contribution in [0.25, 0.3) is 0 Å². The molecular formula is C21H25FN2O2. The van der Waals surface area contributed by atoms with Crippen molar-refractivity contribution in [1.29, 1.82) is 0 Å². The average molecular weight is 356 g/mol. The second-order valence-electron chi connectivity index (χ2n) is 7.45. The Morgan fingerprint density at radius 1 is 1.23 bits per heavy atom. The first kappa shape index (κ1) is 17.6. The lowest BCUT2D eigenvalue weighted by atomic mass is 9.77. The van der Waals surface area contributed by atoms with Crippen LogP contribution in [0.4, 0.5) is 4.39 Å². The monoisotopic (exact) mass is 356 g/mol. The van der Waals surface area contributed by atoms with Gasteiger partial charge >= 0.3 is 0 Å². The first-order valence-electron chi connectivity index (χ1n) is 9.29. The second-order valence-corrected chi connectivity index (χ2v) is 7.45. The summed E-state index contributed by atoms with van der Waals surface area (Å²) in [6, 6.07) is 10.8. The number of hydrogen-bond donors (Lipinski definition) is 0. The van der Waals surface area contributed by atoms with E-state index in [0.717, 1.165) is 50.2 Å². The zero-order valence-electron chi connectivity index (χ0n) is 14.9. The van der Waals surface area contributed by atoms with Gasteiger partial charge in [0, 0.05) is 44.0 Å². The normalized spacial score (nSPS) is 26.0. The maximum absolute atomic E-state index is 13.1. The van der Waals surface area contributed by atoms with Crippen molar-refractivity contribution in [3.8, 4) is 0 Å². The molecule has 2 saturated heterocycles. The number of rotatable bonds is 6. The van der Waals surface area contributed by atoms with Gasteiger partial charge in [-0.3, -0.25) is 9.88 Å². The van der Waals surface area contributed by atoms with Crippen LogP contribution in [-0.2, 0) is 22.6 Å². The molecule has 4 nitrogen and oxygen atoms in total. The molecule has 0 spiro atoms. The lowest BCUT2D eigenvalue weighted by Gasteiger charge is -2.43. The Bertz CT molecular complexity index is 710. The van der Waals surface area contributed by atoms with E-state index in [2.05, 4.69) is 9.88 Å². The molecule has 0 unspecified atom stereocenters. The Morgan fingerprint density at radius 2 is 2.12 bits per heavy atom. The van der Waals surface area contributed by atoms with Crippen LogP contribution in [0.3, 0.4) is 0 Å². The van der Waals surface area contributed by atoms with Crippen molar-refractivity contribution < 1.29 is 13.9 Å². The molecule has 0 bridgehead atoms. The molecule has 4 rings (SSSR count). The molecule has 26 heavy (non-hydrogen) atoms. The number of ether oxygens (including phenoxy) is 2. The molecule has 2 fully saturated rings. The lowest BCUT2D eigenvalue weighted by Crippen LogP contribution is -2.51. The summed E-state index contributed by atoms with van der Waals surface area (Å²) in [4.78, 5) is 6.59. The largest absolute Gasteiger partial charge is 0.377 e. The zero-order valence-corrected chi connectivity index (χ0v) is 14.9. The predicted octanol–water partition coefficient (Wildman–Crippen LogP) is 3.42. The number of nitrogens with zero attached hydrogens (tertiary/aromatic N) is 2. The highest BCUT2D eigenvalue weighted by Crippen LogP contribution is 2.41. The van der Waals surface area contributed by atoms with Gasteiger partial charge in [-0.2, -0.15) is 0 Å². The Balaban J connectivity index is 1.38. The van der Waals surface area contributed by atoms with E-state index in [1.807, 2.05) is 30.5 Å². The summed E-state index contributed by atoms with van der Waals surface area (Å²) in [6.45, 7) is 4.91. The van der Waals surface area contributed by atoms with Crippen LogP contribution >= 0.6 is 0 Å². The number of fused-ring (bicyclic) bond motifs is 1. The van der Waals surface area contributed by atoms with Gasteiger partial charge in [0.1, 0.15) is 5.82 Å². The van der Waals surface area contributed by atoms with Gasteiger partial charge in [-0.1, -0.05) is 18.2 Å². The molecule has 0 saturated carbocycles. The molecule has 138 valence electrons. The van der Waals surface area contributed by atoms with Crippen LogP contribution < -0.4 is 0 Å². The Kier molecular flexibility index (Phi) is 5.29. The van der Waals surface area contributed by atoms with E-state index in [9.17, 15) is 4.39 Å². The number of benzene rings is 1. The third-order valence-corrected chi connectivity index (χ3v) is 5.55. The maximum Gasteiger partial charge on any atom is 0.123 e. The number of halogens is 1. The van der Waals surface area contributed by atoms with E-state index in [1.54, 1.807) is 6.20 Å². The number of piperidine rings is 1. The smallest absolute Gasteiger partial charge is 0.123 e. The van der Waals surface area contributed by atoms with Crippen LogP contribution in [-0.4, -0.2) is 42.3 Å². The first-order valence-corrected chi connectivity index (χ1v) is 9.29. The number of likely N-dealkylation sites (tertiary alicyclic amines) is 1. The minimum Gasteiger partial charge on any atom is -0.377 e. The summed E-state index contributed by atoms with van der Waals surface area (Å²) in [7, 11) is 0. The summed E-state index contributed by atoms with van der Waals surface area (Å²) < 4.78 is 25.2. The molecule has 1 aromatic carbocycles. The van der Waals surface area contributed by atoms with Crippen molar-refractivity contribution in [1.82, 2.24) is 9.88 Å². The molecule has 2 atom stereocenters. The van der Waals surface area contributed by atoms with E-state index < -0.39 is 0 Å². The fourth-order valence-electron chi connectivity index (χ4n) is 4.19. The maximum atomic E-state index is 13.1. The summed E-state index contributed by atoms with van der Waals surface area (Å²) in [6.07, 6.45) is 5.96. The van der Waals surface area contributed by atoms with Crippen LogP contribution in [0, 0.1) is 11.2 Å². The number of pyridine rings is 1. The highest BCUT2D eigenvalue weighted by Gasteiger charge is 2.47. The average Bonchev–Trinajstić information content (AvgIpc) is 3.08. The summed E-state index contributed by atoms with van der Waals surface area (Å²) >= 11 is 0. The molecule has 1 aromatic heterocycles. The van der Waals surface area contributed by atoms with Crippen LogP contribution in [0.5, 0.6) is 0 Å². The van der Waals surface area contributed by atoms with Gasteiger partial charge in [0.2, 0.25) is 0 Å².